The summed E-state index contributed by atoms with van der Waals surface area (Å²) >= 11 is 5.85. The molecule has 26 heavy (non-hydrogen) atoms. The first-order valence-electron chi connectivity index (χ1n) is 8.44. The van der Waals surface area contributed by atoms with Gasteiger partial charge in [0.05, 0.1) is 5.02 Å². The molecule has 140 valence electrons. The fourth-order valence-electron chi connectivity index (χ4n) is 3.33. The Morgan fingerprint density at radius 1 is 1.35 bits per heavy atom. The summed E-state index contributed by atoms with van der Waals surface area (Å²) in [6.07, 6.45) is 3.55. The van der Waals surface area contributed by atoms with Crippen molar-refractivity contribution in [3.05, 3.63) is 35.0 Å². The highest BCUT2D eigenvalue weighted by Gasteiger charge is 2.32. The smallest absolute Gasteiger partial charge is 0.274 e. The average Bonchev–Trinajstić information content (AvgIpc) is 3.13. The molecule has 2 aromatic heterocycles. The number of halogens is 2. The molecule has 0 unspecified atom stereocenters. The molecule has 9 heteroatoms. The van der Waals surface area contributed by atoms with Crippen molar-refractivity contribution in [1.29, 1.82) is 0 Å². The number of amides is 2. The van der Waals surface area contributed by atoms with Crippen molar-refractivity contribution in [2.75, 3.05) is 20.6 Å². The predicted octanol–water partition coefficient (Wildman–Crippen LogP) is 1.46. The van der Waals surface area contributed by atoms with Gasteiger partial charge in [0.15, 0.2) is 5.69 Å². The lowest BCUT2D eigenvalue weighted by Gasteiger charge is -2.25. The molecule has 2 atom stereocenters. The Bertz CT molecular complexity index is 840. The maximum atomic E-state index is 14.4. The Kier molecular flexibility index (Phi) is 5.43. The number of carbonyl (C=O) groups is 2. The summed E-state index contributed by atoms with van der Waals surface area (Å²) in [5, 5.41) is 5.73. The topological polar surface area (TPSA) is 78.7 Å². The maximum absolute atomic E-state index is 14.4. The van der Waals surface area contributed by atoms with Crippen LogP contribution in [0.5, 0.6) is 0 Å². The molecule has 0 radical (unpaired) electrons. The van der Waals surface area contributed by atoms with Crippen molar-refractivity contribution in [3.63, 3.8) is 0 Å². The molecular formula is C17H21ClFN5O2. The number of likely N-dealkylation sites (tertiary alicyclic amines) is 1. The van der Waals surface area contributed by atoms with Crippen molar-refractivity contribution in [3.8, 4) is 0 Å². The molecule has 1 fully saturated rings. The highest BCUT2D eigenvalue weighted by molar-refractivity contribution is 6.30. The van der Waals surface area contributed by atoms with Gasteiger partial charge in [-0.2, -0.15) is 4.39 Å². The lowest BCUT2D eigenvalue weighted by Crippen LogP contribution is -2.42. The normalized spacial score (nSPS) is 20.5. The van der Waals surface area contributed by atoms with E-state index in [1.54, 1.807) is 19.2 Å². The van der Waals surface area contributed by atoms with Gasteiger partial charge in [-0.25, -0.2) is 4.98 Å². The van der Waals surface area contributed by atoms with Gasteiger partial charge in [0.2, 0.25) is 11.9 Å². The third-order valence-electron chi connectivity index (χ3n) is 4.92. The molecule has 2 aromatic rings. The van der Waals surface area contributed by atoms with Crippen LogP contribution in [0.4, 0.5) is 4.39 Å². The van der Waals surface area contributed by atoms with Gasteiger partial charge in [0.1, 0.15) is 5.65 Å². The largest absolute Gasteiger partial charge is 0.359 e. The molecule has 1 saturated heterocycles. The van der Waals surface area contributed by atoms with Crippen LogP contribution in [-0.2, 0) is 4.79 Å². The molecule has 3 rings (SSSR count). The molecule has 7 nitrogen and oxygen atoms in total. The first kappa shape index (κ1) is 18.6. The van der Waals surface area contributed by atoms with Gasteiger partial charge in [-0.3, -0.25) is 18.9 Å². The number of imidazole rings is 1. The molecular weight excluding hydrogens is 361 g/mol. The lowest BCUT2D eigenvalue weighted by atomic mass is 10.1. The van der Waals surface area contributed by atoms with Gasteiger partial charge in [-0.05, 0) is 32.0 Å². The third-order valence-corrected chi connectivity index (χ3v) is 5.15. The zero-order valence-electron chi connectivity index (χ0n) is 14.6. The van der Waals surface area contributed by atoms with E-state index in [1.165, 1.54) is 6.20 Å². The van der Waals surface area contributed by atoms with Crippen LogP contribution in [0.1, 0.15) is 29.8 Å². The number of nitrogens with one attached hydrogen (secondary N) is 2. The first-order chi connectivity index (χ1) is 12.4. The van der Waals surface area contributed by atoms with Gasteiger partial charge < -0.3 is 10.6 Å². The lowest BCUT2D eigenvalue weighted by molar-refractivity contribution is -0.121. The van der Waals surface area contributed by atoms with Crippen LogP contribution < -0.4 is 10.6 Å². The van der Waals surface area contributed by atoms with Crippen LogP contribution in [0, 0.1) is 5.95 Å². The SMILES string of the molecule is CNC(=O)C[C@H]1CC[C@@H](CNC(=O)c2nc3ccc(Cl)cn3c2F)N1C. The second-order valence-corrected chi connectivity index (χ2v) is 6.90. The molecule has 0 aliphatic carbocycles. The van der Waals surface area contributed by atoms with E-state index in [1.807, 2.05) is 7.05 Å². The number of likely N-dealkylation sites (N-methyl/N-ethyl adjacent to an activating group) is 1. The highest BCUT2D eigenvalue weighted by atomic mass is 35.5. The fraction of sp³-hybridized carbons (Fsp3) is 0.471. The van der Waals surface area contributed by atoms with Crippen molar-refractivity contribution in [2.45, 2.75) is 31.3 Å². The predicted molar refractivity (Wildman–Crippen MR) is 95.7 cm³/mol. The molecule has 3 heterocycles. The second kappa shape index (κ2) is 7.59. The number of carbonyl (C=O) groups excluding carboxylic acids is 2. The number of aromatic nitrogens is 2. The van der Waals surface area contributed by atoms with E-state index in [9.17, 15) is 14.0 Å². The van der Waals surface area contributed by atoms with E-state index in [4.69, 9.17) is 11.6 Å². The number of pyridine rings is 1. The standard InChI is InChI=1S/C17H21ClFN5O2/c1-20-14(25)7-11-4-5-12(23(11)2)8-21-17(26)15-16(19)24-9-10(18)3-6-13(24)22-15/h3,6,9,11-12H,4-5,7-8H2,1-2H3,(H,20,25)(H,21,26)/t11-,12+/m1/s1. The molecule has 0 saturated carbocycles. The summed E-state index contributed by atoms with van der Waals surface area (Å²) in [6, 6.07) is 3.38. The molecule has 0 spiro atoms. The summed E-state index contributed by atoms with van der Waals surface area (Å²) in [6.45, 7) is 0.369. The molecule has 2 amide bonds. The van der Waals surface area contributed by atoms with Gasteiger partial charge in [-0.15, -0.1) is 0 Å². The number of rotatable bonds is 5. The minimum absolute atomic E-state index is 0.00281. The molecule has 0 bridgehead atoms. The van der Waals surface area contributed by atoms with E-state index in [2.05, 4.69) is 20.5 Å². The third kappa shape index (κ3) is 3.66. The van der Waals surface area contributed by atoms with Crippen LogP contribution in [-0.4, -0.2) is 58.8 Å². The number of hydrogen-bond donors (Lipinski definition) is 2. The monoisotopic (exact) mass is 381 g/mol. The van der Waals surface area contributed by atoms with Crippen molar-refractivity contribution >= 4 is 29.1 Å². The van der Waals surface area contributed by atoms with Crippen LogP contribution in [0.2, 0.25) is 5.02 Å². The maximum Gasteiger partial charge on any atom is 0.274 e. The van der Waals surface area contributed by atoms with E-state index in [0.717, 1.165) is 17.2 Å². The van der Waals surface area contributed by atoms with E-state index in [-0.39, 0.29) is 23.7 Å². The highest BCUT2D eigenvalue weighted by Crippen LogP contribution is 2.24. The molecule has 2 N–H and O–H groups in total. The van der Waals surface area contributed by atoms with Crippen molar-refractivity contribution in [2.24, 2.45) is 0 Å². The first-order valence-corrected chi connectivity index (χ1v) is 8.82. The van der Waals surface area contributed by atoms with Crippen LogP contribution in [0.3, 0.4) is 0 Å². The number of fused-ring (bicyclic) bond motifs is 1. The number of hydrogen-bond acceptors (Lipinski definition) is 4. The number of nitrogens with zero attached hydrogens (tertiary/aromatic N) is 3. The van der Waals surface area contributed by atoms with E-state index < -0.39 is 11.9 Å². The molecule has 1 aliphatic heterocycles. The zero-order chi connectivity index (χ0) is 18.8. The Balaban J connectivity index is 1.63. The fourth-order valence-corrected chi connectivity index (χ4v) is 3.49. The van der Waals surface area contributed by atoms with Gasteiger partial charge >= 0.3 is 0 Å². The van der Waals surface area contributed by atoms with Crippen molar-refractivity contribution < 1.29 is 14.0 Å². The summed E-state index contributed by atoms with van der Waals surface area (Å²) < 4.78 is 15.6. The van der Waals surface area contributed by atoms with Crippen LogP contribution in [0.15, 0.2) is 18.3 Å². The van der Waals surface area contributed by atoms with E-state index in [0.29, 0.717) is 23.6 Å². The zero-order valence-corrected chi connectivity index (χ0v) is 15.4. The summed E-state index contributed by atoms with van der Waals surface area (Å²) in [4.78, 5) is 30.0. The van der Waals surface area contributed by atoms with Crippen LogP contribution in [0.25, 0.3) is 5.65 Å². The van der Waals surface area contributed by atoms with Crippen LogP contribution >= 0.6 is 11.6 Å². The Labute approximate surface area is 155 Å². The Morgan fingerprint density at radius 3 is 2.81 bits per heavy atom. The van der Waals surface area contributed by atoms with Gasteiger partial charge in [0, 0.05) is 38.3 Å². The quantitative estimate of drug-likeness (QED) is 0.821. The minimum atomic E-state index is -0.739. The minimum Gasteiger partial charge on any atom is -0.359 e. The summed E-state index contributed by atoms with van der Waals surface area (Å²) in [7, 11) is 3.55. The van der Waals surface area contributed by atoms with Crippen molar-refractivity contribution in [1.82, 2.24) is 24.9 Å². The average molecular weight is 382 g/mol. The second-order valence-electron chi connectivity index (χ2n) is 6.46. The van der Waals surface area contributed by atoms with Gasteiger partial charge in [0.25, 0.3) is 5.91 Å². The summed E-state index contributed by atoms with van der Waals surface area (Å²) in [5.41, 5.74) is 0.0653. The van der Waals surface area contributed by atoms with Gasteiger partial charge in [-0.1, -0.05) is 11.6 Å². The van der Waals surface area contributed by atoms with E-state index >= 15 is 0 Å². The Morgan fingerprint density at radius 2 is 2.08 bits per heavy atom. The Hall–Kier alpha value is -2.19. The molecule has 1 aliphatic rings. The summed E-state index contributed by atoms with van der Waals surface area (Å²) in [5.74, 6) is -1.31. The molecule has 0 aromatic carbocycles.